The third kappa shape index (κ3) is 4.91. The van der Waals surface area contributed by atoms with Crippen molar-refractivity contribution >= 4 is 10.8 Å². The van der Waals surface area contributed by atoms with Gasteiger partial charge >= 0.3 is 0 Å². The maximum atomic E-state index is 12.2. The number of benzene rings is 1. The molecule has 0 saturated heterocycles. The molecule has 0 amide bonds. The molecule has 1 aromatic carbocycles. The summed E-state index contributed by atoms with van der Waals surface area (Å²) in [7, 11) is 1.14. The lowest BCUT2D eigenvalue weighted by Crippen LogP contribution is -2.20. The Morgan fingerprint density at radius 3 is 2.67 bits per heavy atom. The Balaban J connectivity index is 2.43. The minimum Gasteiger partial charge on any atom is -0.317 e. The first-order valence-electron chi connectivity index (χ1n) is 6.67. The van der Waals surface area contributed by atoms with Crippen LogP contribution in [0.3, 0.4) is 0 Å². The molecule has 2 atom stereocenters. The van der Waals surface area contributed by atoms with Gasteiger partial charge in [-0.3, -0.25) is 4.21 Å². The molecule has 18 heavy (non-hydrogen) atoms. The zero-order valence-electron chi connectivity index (χ0n) is 12.0. The molecule has 1 aromatic rings. The fraction of sp³-hybridized carbons (Fsp3) is 0.600. The van der Waals surface area contributed by atoms with Gasteiger partial charge in [0.1, 0.15) is 0 Å². The van der Waals surface area contributed by atoms with Crippen LogP contribution in [0, 0.1) is 13.8 Å². The lowest BCUT2D eigenvalue weighted by Gasteiger charge is -2.10. The molecule has 2 nitrogen and oxygen atoms in total. The van der Waals surface area contributed by atoms with E-state index >= 15 is 0 Å². The highest BCUT2D eigenvalue weighted by Crippen LogP contribution is 2.16. The van der Waals surface area contributed by atoms with E-state index in [0.29, 0.717) is 6.04 Å². The van der Waals surface area contributed by atoms with E-state index in [1.165, 1.54) is 5.56 Å². The molecule has 2 unspecified atom stereocenters. The third-order valence-electron chi connectivity index (χ3n) is 3.30. The predicted molar refractivity (Wildman–Crippen MR) is 79.6 cm³/mol. The Morgan fingerprint density at radius 2 is 2.00 bits per heavy atom. The average Bonchev–Trinajstić information content (AvgIpc) is 2.36. The summed E-state index contributed by atoms with van der Waals surface area (Å²) in [5.74, 6) is 0.778. The first-order valence-corrected chi connectivity index (χ1v) is 7.99. The topological polar surface area (TPSA) is 29.1 Å². The number of hydrogen-bond acceptors (Lipinski definition) is 2. The van der Waals surface area contributed by atoms with Crippen LogP contribution >= 0.6 is 0 Å². The van der Waals surface area contributed by atoms with E-state index in [0.717, 1.165) is 35.5 Å². The van der Waals surface area contributed by atoms with E-state index in [9.17, 15) is 4.21 Å². The van der Waals surface area contributed by atoms with Gasteiger partial charge in [-0.1, -0.05) is 18.6 Å². The molecule has 0 aliphatic rings. The van der Waals surface area contributed by atoms with E-state index in [1.807, 2.05) is 14.0 Å². The summed E-state index contributed by atoms with van der Waals surface area (Å²) < 4.78 is 12.2. The zero-order chi connectivity index (χ0) is 13.5. The lowest BCUT2D eigenvalue weighted by molar-refractivity contribution is 0.537. The van der Waals surface area contributed by atoms with Crippen molar-refractivity contribution in [1.82, 2.24) is 5.32 Å². The van der Waals surface area contributed by atoms with Crippen molar-refractivity contribution in [2.24, 2.45) is 0 Å². The van der Waals surface area contributed by atoms with Crippen molar-refractivity contribution in [1.29, 1.82) is 0 Å². The second-order valence-electron chi connectivity index (χ2n) is 5.00. The van der Waals surface area contributed by atoms with Crippen molar-refractivity contribution in [3.05, 3.63) is 29.3 Å². The highest BCUT2D eigenvalue weighted by molar-refractivity contribution is 7.85. The van der Waals surface area contributed by atoms with Crippen molar-refractivity contribution in [2.45, 2.75) is 51.0 Å². The molecule has 0 aromatic heterocycles. The first-order chi connectivity index (χ1) is 8.54. The molecule has 0 heterocycles. The Morgan fingerprint density at radius 1 is 1.28 bits per heavy atom. The van der Waals surface area contributed by atoms with Gasteiger partial charge < -0.3 is 5.32 Å². The molecule has 0 saturated carbocycles. The van der Waals surface area contributed by atoms with E-state index in [-0.39, 0.29) is 0 Å². The minimum atomic E-state index is -0.842. The fourth-order valence-electron chi connectivity index (χ4n) is 1.89. The normalized spacial score (nSPS) is 14.4. The van der Waals surface area contributed by atoms with Crippen LogP contribution in [0.2, 0.25) is 0 Å². The highest BCUT2D eigenvalue weighted by atomic mass is 32.2. The van der Waals surface area contributed by atoms with Crippen LogP contribution < -0.4 is 5.32 Å². The summed E-state index contributed by atoms with van der Waals surface area (Å²) in [6.07, 6.45) is 3.32. The van der Waals surface area contributed by atoms with Gasteiger partial charge in [0.05, 0.1) is 10.8 Å². The van der Waals surface area contributed by atoms with Gasteiger partial charge in [-0.25, -0.2) is 0 Å². The summed E-state index contributed by atoms with van der Waals surface area (Å²) >= 11 is 0. The second-order valence-corrected chi connectivity index (χ2v) is 6.54. The van der Waals surface area contributed by atoms with Gasteiger partial charge in [-0.05, 0) is 57.9 Å². The Kier molecular flexibility index (Phi) is 6.58. The summed E-state index contributed by atoms with van der Waals surface area (Å²) in [4.78, 5) is 1.01. The number of nitrogens with one attached hydrogen (secondary N) is 1. The van der Waals surface area contributed by atoms with Gasteiger partial charge in [0.2, 0.25) is 0 Å². The molecule has 1 rings (SSSR count). The van der Waals surface area contributed by atoms with Gasteiger partial charge in [0.15, 0.2) is 0 Å². The van der Waals surface area contributed by atoms with Gasteiger partial charge in [0, 0.05) is 16.7 Å². The molecule has 0 aliphatic heterocycles. The van der Waals surface area contributed by atoms with Crippen LogP contribution in [0.25, 0.3) is 0 Å². The molecular weight excluding hydrogens is 242 g/mol. The summed E-state index contributed by atoms with van der Waals surface area (Å²) in [6.45, 7) is 6.27. The molecule has 102 valence electrons. The van der Waals surface area contributed by atoms with Crippen molar-refractivity contribution in [3.63, 3.8) is 0 Å². The van der Waals surface area contributed by atoms with E-state index in [2.05, 4.69) is 37.4 Å². The quantitative estimate of drug-likeness (QED) is 0.769. The van der Waals surface area contributed by atoms with E-state index in [1.54, 1.807) is 0 Å². The Bertz CT molecular complexity index is 403. The smallest absolute Gasteiger partial charge is 0.0532 e. The third-order valence-corrected chi connectivity index (χ3v) is 4.89. The zero-order valence-corrected chi connectivity index (χ0v) is 12.8. The molecular formula is C15H25NOS. The summed E-state index contributed by atoms with van der Waals surface area (Å²) in [5, 5.41) is 3.23. The number of hydrogen-bond donors (Lipinski definition) is 1. The fourth-order valence-corrected chi connectivity index (χ4v) is 3.32. The number of aryl methyl sites for hydroxylation is 2. The van der Waals surface area contributed by atoms with Crippen molar-refractivity contribution in [3.8, 4) is 0 Å². The van der Waals surface area contributed by atoms with Gasteiger partial charge in [-0.15, -0.1) is 0 Å². The van der Waals surface area contributed by atoms with Crippen LogP contribution in [0.15, 0.2) is 23.1 Å². The van der Waals surface area contributed by atoms with Crippen LogP contribution in [-0.4, -0.2) is 23.1 Å². The summed E-state index contributed by atoms with van der Waals surface area (Å²) in [6, 6.07) is 6.75. The highest BCUT2D eigenvalue weighted by Gasteiger charge is 2.07. The first kappa shape index (κ1) is 15.4. The van der Waals surface area contributed by atoms with Crippen LogP contribution in [-0.2, 0) is 10.8 Å². The van der Waals surface area contributed by atoms with Gasteiger partial charge in [0.25, 0.3) is 0 Å². The van der Waals surface area contributed by atoms with E-state index < -0.39 is 10.8 Å². The Labute approximate surface area is 114 Å². The van der Waals surface area contributed by atoms with E-state index in [4.69, 9.17) is 0 Å². The molecule has 3 heteroatoms. The molecule has 0 radical (unpaired) electrons. The van der Waals surface area contributed by atoms with Crippen molar-refractivity contribution in [2.75, 3.05) is 12.8 Å². The van der Waals surface area contributed by atoms with Crippen LogP contribution in [0.1, 0.15) is 37.3 Å². The molecule has 0 aliphatic carbocycles. The molecule has 0 fully saturated rings. The molecule has 0 bridgehead atoms. The average molecular weight is 267 g/mol. The van der Waals surface area contributed by atoms with Gasteiger partial charge in [-0.2, -0.15) is 0 Å². The largest absolute Gasteiger partial charge is 0.317 e. The maximum absolute atomic E-state index is 12.2. The molecule has 1 N–H and O–H groups in total. The predicted octanol–water partition coefficient (Wildman–Crippen LogP) is 3.19. The second kappa shape index (κ2) is 7.70. The lowest BCUT2D eigenvalue weighted by atomic mass is 10.1. The summed E-state index contributed by atoms with van der Waals surface area (Å²) in [5.41, 5.74) is 2.33. The van der Waals surface area contributed by atoms with Crippen molar-refractivity contribution < 1.29 is 4.21 Å². The minimum absolute atomic E-state index is 0.555. The standard InChI is InChI=1S/C15H25NOS/c1-12-8-9-13(2)15(11-12)18(17)10-6-5-7-14(3)16-4/h8-9,11,14,16H,5-7,10H2,1-4H3. The Hall–Kier alpha value is -0.670. The van der Waals surface area contributed by atoms with Crippen LogP contribution in [0.4, 0.5) is 0 Å². The molecule has 0 spiro atoms. The monoisotopic (exact) mass is 267 g/mol. The number of unbranched alkanes of at least 4 members (excludes halogenated alkanes) is 1. The SMILES string of the molecule is CNC(C)CCCCS(=O)c1cc(C)ccc1C. The van der Waals surface area contributed by atoms with Crippen LogP contribution in [0.5, 0.6) is 0 Å². The maximum Gasteiger partial charge on any atom is 0.0532 e. The number of rotatable bonds is 7.